The predicted molar refractivity (Wildman–Crippen MR) is 72.9 cm³/mol. The number of halogens is 2. The summed E-state index contributed by atoms with van der Waals surface area (Å²) in [5, 5.41) is 3.87. The lowest BCUT2D eigenvalue weighted by atomic mass is 9.89. The van der Waals surface area contributed by atoms with Crippen LogP contribution in [0.3, 0.4) is 0 Å². The number of hydrogen-bond donors (Lipinski definition) is 2. The molecule has 0 amide bonds. The molecule has 0 bridgehead atoms. The molecule has 0 unspecified atom stereocenters. The van der Waals surface area contributed by atoms with Crippen LogP contribution in [-0.2, 0) is 0 Å². The average Bonchev–Trinajstić information content (AvgIpc) is 2.16. The first-order valence-electron chi connectivity index (χ1n) is 5.19. The molecule has 90 valence electrons. The molecule has 0 fully saturated rings. The summed E-state index contributed by atoms with van der Waals surface area (Å²) in [6, 6.07) is 1.83. The summed E-state index contributed by atoms with van der Waals surface area (Å²) in [7, 11) is 0. The largest absolute Gasteiger partial charge is 0.368 e. The maximum Gasteiger partial charge on any atom is 0.144 e. The van der Waals surface area contributed by atoms with Crippen LogP contribution in [0.1, 0.15) is 20.3 Å². The van der Waals surface area contributed by atoms with Crippen molar-refractivity contribution in [3.63, 3.8) is 0 Å². The highest BCUT2D eigenvalue weighted by Gasteiger charge is 2.17. The number of nitrogens with two attached hydrogens (primary N) is 1. The van der Waals surface area contributed by atoms with E-state index in [2.05, 4.69) is 40.1 Å². The minimum atomic E-state index is 0.146. The third-order valence-electron chi connectivity index (χ3n) is 2.36. The third-order valence-corrected chi connectivity index (χ3v) is 3.09. The van der Waals surface area contributed by atoms with E-state index < -0.39 is 0 Å². The Balaban J connectivity index is 2.61. The maximum absolute atomic E-state index is 6.06. The molecule has 0 saturated heterocycles. The molecule has 1 aromatic rings. The van der Waals surface area contributed by atoms with Crippen molar-refractivity contribution < 1.29 is 0 Å². The molecule has 3 N–H and O–H groups in total. The van der Waals surface area contributed by atoms with Gasteiger partial charge in [0, 0.05) is 17.2 Å². The molecule has 1 heterocycles. The summed E-state index contributed by atoms with van der Waals surface area (Å²) in [4.78, 5) is 4.22. The van der Waals surface area contributed by atoms with Crippen LogP contribution in [0.2, 0.25) is 5.02 Å². The molecule has 16 heavy (non-hydrogen) atoms. The van der Waals surface area contributed by atoms with Gasteiger partial charge in [0.15, 0.2) is 0 Å². The molecule has 5 heteroatoms. The molecule has 0 aliphatic carbocycles. The summed E-state index contributed by atoms with van der Waals surface area (Å²) < 4.78 is 0.879. The van der Waals surface area contributed by atoms with E-state index in [1.54, 1.807) is 6.20 Å². The molecule has 0 aromatic carbocycles. The van der Waals surface area contributed by atoms with Crippen LogP contribution in [0.25, 0.3) is 0 Å². The topological polar surface area (TPSA) is 50.9 Å². The maximum atomic E-state index is 6.06. The first-order chi connectivity index (χ1) is 7.44. The van der Waals surface area contributed by atoms with Gasteiger partial charge >= 0.3 is 0 Å². The van der Waals surface area contributed by atoms with Gasteiger partial charge in [-0.05, 0) is 40.4 Å². The molecular weight excluding hydrogens is 289 g/mol. The molecule has 1 rings (SSSR count). The van der Waals surface area contributed by atoms with Crippen LogP contribution in [0.4, 0.5) is 5.82 Å². The number of nitrogens with zero attached hydrogens (tertiary/aromatic N) is 1. The SMILES string of the molecule is CC(C)(CCN)CNc1ncc(Br)cc1Cl. The van der Waals surface area contributed by atoms with Gasteiger partial charge in [-0.3, -0.25) is 0 Å². The van der Waals surface area contributed by atoms with E-state index in [1.165, 1.54) is 0 Å². The van der Waals surface area contributed by atoms with E-state index >= 15 is 0 Å². The van der Waals surface area contributed by atoms with Crippen LogP contribution in [0, 0.1) is 5.41 Å². The van der Waals surface area contributed by atoms with Gasteiger partial charge in [0.1, 0.15) is 5.82 Å². The number of pyridine rings is 1. The van der Waals surface area contributed by atoms with Crippen LogP contribution in [0.15, 0.2) is 16.7 Å². The number of rotatable bonds is 5. The van der Waals surface area contributed by atoms with Gasteiger partial charge in [-0.25, -0.2) is 4.98 Å². The van der Waals surface area contributed by atoms with E-state index in [0.717, 1.165) is 23.3 Å². The van der Waals surface area contributed by atoms with Crippen molar-refractivity contribution in [2.24, 2.45) is 11.1 Å². The van der Waals surface area contributed by atoms with Crippen molar-refractivity contribution in [3.05, 3.63) is 21.8 Å². The molecule has 0 aliphatic heterocycles. The second-order valence-corrected chi connectivity index (χ2v) is 5.86. The van der Waals surface area contributed by atoms with Crippen LogP contribution < -0.4 is 11.1 Å². The fraction of sp³-hybridized carbons (Fsp3) is 0.545. The standard InChI is InChI=1S/C11H17BrClN3/c1-11(2,3-4-14)7-16-10-9(13)5-8(12)6-15-10/h5-6H,3-4,7,14H2,1-2H3,(H,15,16). The molecule has 0 radical (unpaired) electrons. The van der Waals surface area contributed by atoms with Crippen molar-refractivity contribution >= 4 is 33.3 Å². The average molecular weight is 307 g/mol. The Labute approximate surface area is 110 Å². The van der Waals surface area contributed by atoms with Gasteiger partial charge in [0.2, 0.25) is 0 Å². The normalized spacial score (nSPS) is 11.6. The second kappa shape index (κ2) is 5.84. The summed E-state index contributed by atoms with van der Waals surface area (Å²) in [5.74, 6) is 0.718. The van der Waals surface area contributed by atoms with Crippen LogP contribution in [-0.4, -0.2) is 18.1 Å². The number of nitrogens with one attached hydrogen (secondary N) is 1. The van der Waals surface area contributed by atoms with Gasteiger partial charge in [0.25, 0.3) is 0 Å². The third kappa shape index (κ3) is 4.28. The molecule has 0 saturated carbocycles. The second-order valence-electron chi connectivity index (χ2n) is 4.54. The number of aromatic nitrogens is 1. The fourth-order valence-corrected chi connectivity index (χ4v) is 2.04. The number of anilines is 1. The zero-order valence-electron chi connectivity index (χ0n) is 9.56. The zero-order valence-corrected chi connectivity index (χ0v) is 11.9. The van der Waals surface area contributed by atoms with Crippen molar-refractivity contribution in [3.8, 4) is 0 Å². The zero-order chi connectivity index (χ0) is 12.2. The lowest BCUT2D eigenvalue weighted by Crippen LogP contribution is -2.26. The van der Waals surface area contributed by atoms with E-state index in [4.69, 9.17) is 17.3 Å². The van der Waals surface area contributed by atoms with Crippen molar-refractivity contribution in [1.29, 1.82) is 0 Å². The highest BCUT2D eigenvalue weighted by atomic mass is 79.9. The first-order valence-corrected chi connectivity index (χ1v) is 6.37. The van der Waals surface area contributed by atoms with E-state index in [-0.39, 0.29) is 5.41 Å². The Kier molecular flexibility index (Phi) is 5.02. The molecule has 1 aromatic heterocycles. The van der Waals surface area contributed by atoms with Crippen molar-refractivity contribution in [1.82, 2.24) is 4.98 Å². The minimum absolute atomic E-state index is 0.146. The van der Waals surface area contributed by atoms with Gasteiger partial charge in [-0.15, -0.1) is 0 Å². The summed E-state index contributed by atoms with van der Waals surface area (Å²) in [6.07, 6.45) is 2.69. The quantitative estimate of drug-likeness (QED) is 0.877. The van der Waals surface area contributed by atoms with Crippen molar-refractivity contribution in [2.75, 3.05) is 18.4 Å². The Bertz CT molecular complexity index is 355. The first kappa shape index (κ1) is 13.7. The Hall–Kier alpha value is -0.320. The smallest absolute Gasteiger partial charge is 0.144 e. The highest BCUT2D eigenvalue weighted by molar-refractivity contribution is 9.10. The molecule has 0 atom stereocenters. The summed E-state index contributed by atoms with van der Waals surface area (Å²) >= 11 is 9.38. The van der Waals surface area contributed by atoms with Gasteiger partial charge in [-0.1, -0.05) is 25.4 Å². The lowest BCUT2D eigenvalue weighted by Gasteiger charge is -2.24. The molecule has 3 nitrogen and oxygen atoms in total. The van der Waals surface area contributed by atoms with E-state index in [0.29, 0.717) is 11.6 Å². The lowest BCUT2D eigenvalue weighted by molar-refractivity contribution is 0.365. The van der Waals surface area contributed by atoms with E-state index in [9.17, 15) is 0 Å². The number of hydrogen-bond acceptors (Lipinski definition) is 3. The highest BCUT2D eigenvalue weighted by Crippen LogP contribution is 2.25. The predicted octanol–water partition coefficient (Wildman–Crippen LogP) is 3.28. The fourth-order valence-electron chi connectivity index (χ4n) is 1.35. The van der Waals surface area contributed by atoms with Crippen LogP contribution in [0.5, 0.6) is 0 Å². The van der Waals surface area contributed by atoms with Gasteiger partial charge in [0.05, 0.1) is 5.02 Å². The van der Waals surface area contributed by atoms with Gasteiger partial charge in [-0.2, -0.15) is 0 Å². The Morgan fingerprint density at radius 1 is 1.56 bits per heavy atom. The minimum Gasteiger partial charge on any atom is -0.368 e. The van der Waals surface area contributed by atoms with E-state index in [1.807, 2.05) is 6.07 Å². The van der Waals surface area contributed by atoms with Crippen LogP contribution >= 0.6 is 27.5 Å². The molecule has 0 aliphatic rings. The summed E-state index contributed by atoms with van der Waals surface area (Å²) in [6.45, 7) is 5.83. The van der Waals surface area contributed by atoms with Gasteiger partial charge < -0.3 is 11.1 Å². The van der Waals surface area contributed by atoms with Crippen molar-refractivity contribution in [2.45, 2.75) is 20.3 Å². The Morgan fingerprint density at radius 3 is 2.81 bits per heavy atom. The molecule has 0 spiro atoms. The summed E-state index contributed by atoms with van der Waals surface area (Å²) in [5.41, 5.74) is 5.70. The Morgan fingerprint density at radius 2 is 2.25 bits per heavy atom. The molecular formula is C11H17BrClN3. The monoisotopic (exact) mass is 305 g/mol.